The number of halogens is 3. The number of rotatable bonds is 3. The van der Waals surface area contributed by atoms with Crippen molar-refractivity contribution in [2.45, 2.75) is 38.8 Å². The van der Waals surface area contributed by atoms with E-state index in [4.69, 9.17) is 0 Å². The quantitative estimate of drug-likeness (QED) is 0.652. The van der Waals surface area contributed by atoms with Gasteiger partial charge in [0.2, 0.25) is 0 Å². The van der Waals surface area contributed by atoms with Gasteiger partial charge in [-0.15, -0.1) is 0 Å². The molecule has 70 valence electrons. The van der Waals surface area contributed by atoms with Gasteiger partial charge in [0.25, 0.3) is 0 Å². The molecule has 0 aliphatic heterocycles. The molecule has 0 aromatic rings. The Balaban J connectivity index is 2.37. The molecule has 0 N–H and O–H groups in total. The largest absolute Gasteiger partial charge is 0.389 e. The Morgan fingerprint density at radius 1 is 1.42 bits per heavy atom. The monoisotopic (exact) mass is 180 g/mol. The normalized spacial score (nSPS) is 20.7. The lowest BCUT2D eigenvalue weighted by molar-refractivity contribution is -0.141. The van der Waals surface area contributed by atoms with Crippen LogP contribution < -0.4 is 0 Å². The fourth-order valence-corrected chi connectivity index (χ4v) is 1.31. The average Bonchev–Trinajstić information content (AvgIpc) is 2.61. The maximum atomic E-state index is 11.8. The third-order valence-corrected chi connectivity index (χ3v) is 2.49. The smallest absolute Gasteiger partial charge is 0.299 e. The van der Waals surface area contributed by atoms with Crippen molar-refractivity contribution >= 4 is 5.78 Å². The van der Waals surface area contributed by atoms with Gasteiger partial charge in [-0.05, 0) is 26.2 Å². The summed E-state index contributed by atoms with van der Waals surface area (Å²) in [6, 6.07) is 0. The van der Waals surface area contributed by atoms with Gasteiger partial charge < -0.3 is 0 Å². The van der Waals surface area contributed by atoms with Crippen molar-refractivity contribution in [1.29, 1.82) is 0 Å². The van der Waals surface area contributed by atoms with Gasteiger partial charge in [0, 0.05) is 11.8 Å². The van der Waals surface area contributed by atoms with E-state index in [1.165, 1.54) is 6.92 Å². The van der Waals surface area contributed by atoms with Crippen LogP contribution in [0.5, 0.6) is 0 Å². The molecule has 0 unspecified atom stereocenters. The lowest BCUT2D eigenvalue weighted by Gasteiger charge is -2.12. The number of carbonyl (C=O) groups excluding carboxylic acids is 1. The van der Waals surface area contributed by atoms with Gasteiger partial charge in [0.1, 0.15) is 5.78 Å². The molecule has 0 amide bonds. The molecule has 12 heavy (non-hydrogen) atoms. The summed E-state index contributed by atoms with van der Waals surface area (Å²) >= 11 is 0. The van der Waals surface area contributed by atoms with E-state index in [1.54, 1.807) is 0 Å². The third-order valence-electron chi connectivity index (χ3n) is 2.49. The van der Waals surface area contributed by atoms with E-state index in [0.29, 0.717) is 12.8 Å². The van der Waals surface area contributed by atoms with Gasteiger partial charge in [-0.2, -0.15) is 13.2 Å². The standard InChI is InChI=1S/C8H11F3O/c1-6(12)7(2-3-7)4-5-8(9,10)11/h2-5H2,1H3. The molecule has 1 fully saturated rings. The highest BCUT2D eigenvalue weighted by Crippen LogP contribution is 2.51. The summed E-state index contributed by atoms with van der Waals surface area (Å²) in [6.07, 6.45) is -3.69. The van der Waals surface area contributed by atoms with Crippen LogP contribution >= 0.6 is 0 Å². The van der Waals surface area contributed by atoms with Crippen molar-refractivity contribution < 1.29 is 18.0 Å². The molecule has 1 aliphatic carbocycles. The fraction of sp³-hybridized carbons (Fsp3) is 0.875. The molecule has 1 aliphatic rings. The first kappa shape index (κ1) is 9.55. The molecule has 0 spiro atoms. The second-order valence-corrected chi connectivity index (χ2v) is 3.45. The summed E-state index contributed by atoms with van der Waals surface area (Å²) < 4.78 is 35.3. The van der Waals surface area contributed by atoms with Crippen LogP contribution in [0.4, 0.5) is 13.2 Å². The molecule has 0 radical (unpaired) electrons. The Bertz CT molecular complexity index is 191. The predicted octanol–water partition coefficient (Wildman–Crippen LogP) is 2.70. The molecule has 0 aromatic heterocycles. The molecule has 4 heteroatoms. The Hall–Kier alpha value is -0.540. The summed E-state index contributed by atoms with van der Waals surface area (Å²) in [5.74, 6) is -0.0910. The number of hydrogen-bond acceptors (Lipinski definition) is 1. The predicted molar refractivity (Wildman–Crippen MR) is 37.6 cm³/mol. The van der Waals surface area contributed by atoms with Crippen LogP contribution in [0, 0.1) is 5.41 Å². The number of carbonyl (C=O) groups is 1. The number of Topliss-reactive ketones (excluding diaryl/α,β-unsaturated/α-hetero) is 1. The Kier molecular flexibility index (Phi) is 2.19. The molecule has 0 atom stereocenters. The van der Waals surface area contributed by atoms with E-state index in [9.17, 15) is 18.0 Å². The van der Waals surface area contributed by atoms with Crippen molar-refractivity contribution in [3.05, 3.63) is 0 Å². The molecule has 0 heterocycles. The summed E-state index contributed by atoms with van der Waals surface area (Å²) in [5.41, 5.74) is -0.602. The second kappa shape index (κ2) is 2.75. The highest BCUT2D eigenvalue weighted by molar-refractivity contribution is 5.84. The van der Waals surface area contributed by atoms with Crippen molar-refractivity contribution in [1.82, 2.24) is 0 Å². The Labute approximate surface area is 68.9 Å². The summed E-state index contributed by atoms with van der Waals surface area (Å²) in [7, 11) is 0. The Morgan fingerprint density at radius 3 is 2.17 bits per heavy atom. The van der Waals surface area contributed by atoms with Crippen LogP contribution in [0.25, 0.3) is 0 Å². The topological polar surface area (TPSA) is 17.1 Å². The molecular weight excluding hydrogens is 169 g/mol. The van der Waals surface area contributed by atoms with Crippen LogP contribution in [0.15, 0.2) is 0 Å². The van der Waals surface area contributed by atoms with E-state index in [-0.39, 0.29) is 12.2 Å². The van der Waals surface area contributed by atoms with Crippen molar-refractivity contribution in [2.24, 2.45) is 5.41 Å². The Morgan fingerprint density at radius 2 is 1.92 bits per heavy atom. The maximum Gasteiger partial charge on any atom is 0.389 e. The molecule has 0 bridgehead atoms. The van der Waals surface area contributed by atoms with Gasteiger partial charge in [0.05, 0.1) is 0 Å². The van der Waals surface area contributed by atoms with Crippen LogP contribution in [0.2, 0.25) is 0 Å². The number of hydrogen-bond donors (Lipinski definition) is 0. The highest BCUT2D eigenvalue weighted by Gasteiger charge is 2.48. The lowest BCUT2D eigenvalue weighted by Crippen LogP contribution is -2.16. The summed E-state index contributed by atoms with van der Waals surface area (Å²) in [5, 5.41) is 0. The molecule has 0 aromatic carbocycles. The first-order chi connectivity index (χ1) is 5.36. The molecule has 1 saturated carbocycles. The van der Waals surface area contributed by atoms with Gasteiger partial charge >= 0.3 is 6.18 Å². The van der Waals surface area contributed by atoms with E-state index in [1.807, 2.05) is 0 Å². The van der Waals surface area contributed by atoms with E-state index >= 15 is 0 Å². The van der Waals surface area contributed by atoms with E-state index < -0.39 is 18.0 Å². The minimum atomic E-state index is -4.12. The number of alkyl halides is 3. The molecule has 1 rings (SSSR count). The zero-order valence-electron chi connectivity index (χ0n) is 6.87. The minimum absolute atomic E-state index is 0.0220. The third kappa shape index (κ3) is 2.22. The molecule has 1 nitrogen and oxygen atoms in total. The van der Waals surface area contributed by atoms with Gasteiger partial charge in [-0.25, -0.2) is 0 Å². The van der Waals surface area contributed by atoms with Gasteiger partial charge in [0.15, 0.2) is 0 Å². The molecule has 0 saturated heterocycles. The average molecular weight is 180 g/mol. The van der Waals surface area contributed by atoms with Crippen LogP contribution in [-0.4, -0.2) is 12.0 Å². The van der Waals surface area contributed by atoms with Gasteiger partial charge in [-0.3, -0.25) is 4.79 Å². The van der Waals surface area contributed by atoms with Crippen molar-refractivity contribution in [3.8, 4) is 0 Å². The summed E-state index contributed by atoms with van der Waals surface area (Å²) in [4.78, 5) is 10.9. The fourth-order valence-electron chi connectivity index (χ4n) is 1.31. The first-order valence-electron chi connectivity index (χ1n) is 3.94. The SMILES string of the molecule is CC(=O)C1(CCC(F)(F)F)CC1. The van der Waals surface area contributed by atoms with Crippen molar-refractivity contribution in [2.75, 3.05) is 0 Å². The van der Waals surface area contributed by atoms with Gasteiger partial charge in [-0.1, -0.05) is 0 Å². The zero-order valence-corrected chi connectivity index (χ0v) is 6.87. The summed E-state index contributed by atoms with van der Waals surface area (Å²) in [6.45, 7) is 1.38. The second-order valence-electron chi connectivity index (χ2n) is 3.45. The maximum absolute atomic E-state index is 11.8. The van der Waals surface area contributed by atoms with Crippen LogP contribution in [-0.2, 0) is 4.79 Å². The highest BCUT2D eigenvalue weighted by atomic mass is 19.4. The first-order valence-corrected chi connectivity index (χ1v) is 3.94. The van der Waals surface area contributed by atoms with E-state index in [2.05, 4.69) is 0 Å². The van der Waals surface area contributed by atoms with Crippen LogP contribution in [0.3, 0.4) is 0 Å². The minimum Gasteiger partial charge on any atom is -0.299 e. The molecular formula is C8H11F3O. The van der Waals surface area contributed by atoms with Crippen molar-refractivity contribution in [3.63, 3.8) is 0 Å². The van der Waals surface area contributed by atoms with Crippen LogP contribution in [0.1, 0.15) is 32.6 Å². The zero-order chi connectivity index (χ0) is 9.41. The van der Waals surface area contributed by atoms with E-state index in [0.717, 1.165) is 0 Å². The lowest BCUT2D eigenvalue weighted by atomic mass is 9.96. The number of ketones is 1.